The van der Waals surface area contributed by atoms with Crippen molar-refractivity contribution in [1.29, 1.82) is 0 Å². The number of nitrogens with zero attached hydrogens (tertiary/aromatic N) is 2. The number of likely N-dealkylation sites (N-methyl/N-ethyl adjacent to an activating group) is 1. The molecule has 0 saturated carbocycles. The summed E-state index contributed by atoms with van der Waals surface area (Å²) in [4.78, 5) is 30.8. The molecule has 1 heterocycles. The zero-order chi connectivity index (χ0) is 24.6. The number of amides is 2. The van der Waals surface area contributed by atoms with Crippen LogP contribution in [-0.4, -0.2) is 55.2 Å². The Bertz CT molecular complexity index is 1150. The van der Waals surface area contributed by atoms with E-state index in [1.54, 1.807) is 12.1 Å². The van der Waals surface area contributed by atoms with Crippen molar-refractivity contribution >= 4 is 40.6 Å². The summed E-state index contributed by atoms with van der Waals surface area (Å²) in [6, 6.07) is 20.7. The summed E-state index contributed by atoms with van der Waals surface area (Å²) in [6.07, 6.45) is 0. The minimum atomic E-state index is -0.359. The summed E-state index contributed by atoms with van der Waals surface area (Å²) < 4.78 is 13.0. The highest BCUT2D eigenvalue weighted by atomic mass is 32.2. The van der Waals surface area contributed by atoms with Crippen LogP contribution in [0.2, 0.25) is 0 Å². The summed E-state index contributed by atoms with van der Waals surface area (Å²) in [7, 11) is 0. The molecule has 1 fully saturated rings. The summed E-state index contributed by atoms with van der Waals surface area (Å²) in [5.41, 5.74) is 2.91. The molecular weight excluding hydrogens is 463 g/mol. The molecule has 4 rings (SSSR count). The van der Waals surface area contributed by atoms with Crippen molar-refractivity contribution in [1.82, 2.24) is 4.90 Å². The summed E-state index contributed by atoms with van der Waals surface area (Å²) >= 11 is 1.28. The fourth-order valence-corrected chi connectivity index (χ4v) is 4.78. The van der Waals surface area contributed by atoms with E-state index in [0.29, 0.717) is 16.1 Å². The predicted octanol–water partition coefficient (Wildman–Crippen LogP) is 4.95. The number of hydrogen-bond acceptors (Lipinski definition) is 5. The minimum Gasteiger partial charge on any atom is -0.369 e. The number of carbonyl (C=O) groups is 2. The molecule has 0 radical (unpaired) electrons. The Labute approximate surface area is 209 Å². The maximum atomic E-state index is 13.0. The molecule has 1 aliphatic rings. The van der Waals surface area contributed by atoms with Crippen molar-refractivity contribution in [3.05, 3.63) is 84.2 Å². The van der Waals surface area contributed by atoms with Gasteiger partial charge in [0, 0.05) is 48.1 Å². The molecule has 35 heavy (non-hydrogen) atoms. The molecule has 2 N–H and O–H groups in total. The number of carbonyl (C=O) groups excluding carboxylic acids is 2. The maximum absolute atomic E-state index is 13.0. The lowest BCUT2D eigenvalue weighted by Gasteiger charge is -2.35. The average Bonchev–Trinajstić information content (AvgIpc) is 2.89. The van der Waals surface area contributed by atoms with Crippen molar-refractivity contribution in [3.8, 4) is 0 Å². The lowest BCUT2D eigenvalue weighted by Crippen LogP contribution is -2.46. The van der Waals surface area contributed by atoms with Crippen molar-refractivity contribution in [2.45, 2.75) is 11.8 Å². The number of piperazine rings is 1. The van der Waals surface area contributed by atoms with Gasteiger partial charge in [-0.1, -0.05) is 19.1 Å². The van der Waals surface area contributed by atoms with Crippen LogP contribution < -0.4 is 15.5 Å². The Morgan fingerprint density at radius 1 is 0.857 bits per heavy atom. The third kappa shape index (κ3) is 6.83. The quantitative estimate of drug-likeness (QED) is 0.436. The second kappa shape index (κ2) is 11.9. The number of hydrogen-bond donors (Lipinski definition) is 2. The SMILES string of the molecule is CCN1CCN(c2ccc(NC(=O)c3ccccc3SCC(=O)Nc3ccc(F)cc3)cc2)CC1. The van der Waals surface area contributed by atoms with Crippen molar-refractivity contribution in [3.63, 3.8) is 0 Å². The van der Waals surface area contributed by atoms with Crippen LogP contribution >= 0.6 is 11.8 Å². The molecule has 8 heteroatoms. The standard InChI is InChI=1S/C27H29FN4O2S/c1-2-31-15-17-32(18-16-31)23-13-11-22(12-14-23)30-27(34)24-5-3-4-6-25(24)35-19-26(33)29-21-9-7-20(28)8-10-21/h3-14H,2,15-19H2,1H3,(H,29,33)(H,30,34). The molecule has 0 atom stereocenters. The molecule has 0 spiro atoms. The highest BCUT2D eigenvalue weighted by Gasteiger charge is 2.17. The van der Waals surface area contributed by atoms with E-state index >= 15 is 0 Å². The van der Waals surface area contributed by atoms with E-state index in [2.05, 4.69) is 27.4 Å². The minimum absolute atomic E-state index is 0.127. The average molecular weight is 493 g/mol. The summed E-state index contributed by atoms with van der Waals surface area (Å²) in [6.45, 7) is 7.39. The van der Waals surface area contributed by atoms with Gasteiger partial charge in [0.1, 0.15) is 5.82 Å². The zero-order valence-electron chi connectivity index (χ0n) is 19.7. The van der Waals surface area contributed by atoms with Crippen molar-refractivity contribution < 1.29 is 14.0 Å². The van der Waals surface area contributed by atoms with E-state index in [0.717, 1.165) is 44.1 Å². The molecular formula is C27H29FN4O2S. The highest BCUT2D eigenvalue weighted by molar-refractivity contribution is 8.00. The first kappa shape index (κ1) is 24.8. The third-order valence-corrected chi connectivity index (χ3v) is 7.00. The Hall–Kier alpha value is -3.36. The lowest BCUT2D eigenvalue weighted by atomic mass is 10.2. The van der Waals surface area contributed by atoms with Crippen LogP contribution in [0.15, 0.2) is 77.7 Å². The molecule has 3 aromatic rings. The normalized spacial score (nSPS) is 13.9. The van der Waals surface area contributed by atoms with Crippen LogP contribution in [0.4, 0.5) is 21.5 Å². The summed E-state index contributed by atoms with van der Waals surface area (Å²) in [5, 5.41) is 5.69. The highest BCUT2D eigenvalue weighted by Crippen LogP contribution is 2.25. The van der Waals surface area contributed by atoms with Gasteiger partial charge < -0.3 is 20.4 Å². The number of rotatable bonds is 8. The monoisotopic (exact) mass is 492 g/mol. The molecule has 0 unspecified atom stereocenters. The smallest absolute Gasteiger partial charge is 0.256 e. The van der Waals surface area contributed by atoms with E-state index in [4.69, 9.17) is 0 Å². The van der Waals surface area contributed by atoms with Gasteiger partial charge in [-0.15, -0.1) is 11.8 Å². The number of nitrogens with one attached hydrogen (secondary N) is 2. The van der Waals surface area contributed by atoms with Gasteiger partial charge in [-0.05, 0) is 67.2 Å². The van der Waals surface area contributed by atoms with Crippen LogP contribution in [0.5, 0.6) is 0 Å². The van der Waals surface area contributed by atoms with E-state index < -0.39 is 0 Å². The molecule has 182 valence electrons. The van der Waals surface area contributed by atoms with Gasteiger partial charge >= 0.3 is 0 Å². The zero-order valence-corrected chi connectivity index (χ0v) is 20.5. The fraction of sp³-hybridized carbons (Fsp3) is 0.259. The van der Waals surface area contributed by atoms with E-state index in [-0.39, 0.29) is 23.4 Å². The largest absolute Gasteiger partial charge is 0.369 e. The number of anilines is 3. The van der Waals surface area contributed by atoms with Gasteiger partial charge in [-0.3, -0.25) is 9.59 Å². The molecule has 1 saturated heterocycles. The second-order valence-electron chi connectivity index (χ2n) is 8.26. The maximum Gasteiger partial charge on any atom is 0.256 e. The summed E-state index contributed by atoms with van der Waals surface area (Å²) in [5.74, 6) is -0.688. The van der Waals surface area contributed by atoms with Gasteiger partial charge in [-0.25, -0.2) is 4.39 Å². The van der Waals surface area contributed by atoms with Gasteiger partial charge in [0.05, 0.1) is 11.3 Å². The Morgan fingerprint density at radius 2 is 1.49 bits per heavy atom. The number of thioether (sulfide) groups is 1. The predicted molar refractivity (Wildman–Crippen MR) is 141 cm³/mol. The second-order valence-corrected chi connectivity index (χ2v) is 9.28. The molecule has 0 bridgehead atoms. The molecule has 1 aliphatic heterocycles. The van der Waals surface area contributed by atoms with Gasteiger partial charge in [0.25, 0.3) is 5.91 Å². The van der Waals surface area contributed by atoms with Crippen LogP contribution in [0.25, 0.3) is 0 Å². The number of benzene rings is 3. The van der Waals surface area contributed by atoms with Gasteiger partial charge in [0.2, 0.25) is 5.91 Å². The van der Waals surface area contributed by atoms with Crippen molar-refractivity contribution in [2.24, 2.45) is 0 Å². The van der Waals surface area contributed by atoms with Crippen LogP contribution in [0.1, 0.15) is 17.3 Å². The molecule has 0 aromatic heterocycles. The Balaban J connectivity index is 1.33. The Kier molecular flexibility index (Phi) is 8.39. The first-order valence-corrected chi connectivity index (χ1v) is 12.7. The Morgan fingerprint density at radius 3 is 2.17 bits per heavy atom. The first-order chi connectivity index (χ1) is 17.0. The molecule has 3 aromatic carbocycles. The fourth-order valence-electron chi connectivity index (χ4n) is 3.93. The topological polar surface area (TPSA) is 64.7 Å². The van der Waals surface area contributed by atoms with Crippen LogP contribution in [0.3, 0.4) is 0 Å². The molecule has 6 nitrogen and oxygen atoms in total. The van der Waals surface area contributed by atoms with E-state index in [9.17, 15) is 14.0 Å². The van der Waals surface area contributed by atoms with E-state index in [1.807, 2.05) is 36.4 Å². The first-order valence-electron chi connectivity index (χ1n) is 11.7. The van der Waals surface area contributed by atoms with E-state index in [1.165, 1.54) is 36.0 Å². The molecule has 0 aliphatic carbocycles. The third-order valence-electron chi connectivity index (χ3n) is 5.93. The van der Waals surface area contributed by atoms with Gasteiger partial charge in [-0.2, -0.15) is 0 Å². The van der Waals surface area contributed by atoms with Crippen LogP contribution in [-0.2, 0) is 4.79 Å². The number of halogens is 1. The van der Waals surface area contributed by atoms with Gasteiger partial charge in [0.15, 0.2) is 0 Å². The van der Waals surface area contributed by atoms with Crippen LogP contribution in [0, 0.1) is 5.82 Å². The molecule has 2 amide bonds. The lowest BCUT2D eigenvalue weighted by molar-refractivity contribution is -0.113. The van der Waals surface area contributed by atoms with Crippen molar-refractivity contribution in [2.75, 3.05) is 54.0 Å².